The van der Waals surface area contributed by atoms with E-state index in [2.05, 4.69) is 10.6 Å². The maximum atomic E-state index is 11.8. The molecule has 0 bridgehead atoms. The van der Waals surface area contributed by atoms with Crippen molar-refractivity contribution in [1.82, 2.24) is 15.5 Å². The van der Waals surface area contributed by atoms with Gasteiger partial charge in [0.2, 0.25) is 11.8 Å². The van der Waals surface area contributed by atoms with Gasteiger partial charge in [0.05, 0.1) is 12.1 Å². The molecule has 8 heteroatoms. The van der Waals surface area contributed by atoms with Gasteiger partial charge in [-0.2, -0.15) is 11.8 Å². The molecule has 2 heterocycles. The summed E-state index contributed by atoms with van der Waals surface area (Å²) in [5, 5.41) is 6.42. The largest absolute Gasteiger partial charge is 0.370 e. The number of primary amides is 1. The highest BCUT2D eigenvalue weighted by molar-refractivity contribution is 8.00. The monoisotopic (exact) mass is 370 g/mol. The van der Waals surface area contributed by atoms with E-state index in [1.54, 1.807) is 0 Å². The number of fused-ring (bicyclic) bond motifs is 1. The Balaban J connectivity index is 1.49. The minimum atomic E-state index is -0.264. The van der Waals surface area contributed by atoms with Crippen molar-refractivity contribution < 1.29 is 14.4 Å². The molecule has 2 fully saturated rings. The van der Waals surface area contributed by atoms with E-state index in [1.165, 1.54) is 0 Å². The number of unbranched alkanes of at least 4 members (excludes halogenated alkanes) is 3. The van der Waals surface area contributed by atoms with Crippen molar-refractivity contribution in [3.8, 4) is 0 Å². The Morgan fingerprint density at radius 3 is 2.76 bits per heavy atom. The fraction of sp³-hybridized carbons (Fsp3) is 0.824. The molecule has 0 unspecified atom stereocenters. The number of likely N-dealkylation sites (N-methyl/N-ethyl adjacent to an activating group) is 1. The van der Waals surface area contributed by atoms with Gasteiger partial charge in [-0.15, -0.1) is 0 Å². The number of carbonyl (C=O) groups excluding carboxylic acids is 3. The van der Waals surface area contributed by atoms with E-state index in [-0.39, 0.29) is 23.9 Å². The second-order valence-corrected chi connectivity index (χ2v) is 8.17. The Bertz CT molecular complexity index is 489. The molecule has 0 spiro atoms. The molecule has 7 nitrogen and oxygen atoms in total. The van der Waals surface area contributed by atoms with E-state index in [0.717, 1.165) is 44.3 Å². The number of nitrogens with zero attached hydrogens (tertiary/aromatic N) is 1. The van der Waals surface area contributed by atoms with Gasteiger partial charge < -0.3 is 21.3 Å². The average Bonchev–Trinajstić information content (AvgIpc) is 3.08. The third-order valence-electron chi connectivity index (χ3n) is 4.92. The van der Waals surface area contributed by atoms with Crippen molar-refractivity contribution in [2.45, 2.75) is 68.7 Å². The first kappa shape index (κ1) is 19.9. The first-order valence-electron chi connectivity index (χ1n) is 9.19. The van der Waals surface area contributed by atoms with Crippen molar-refractivity contribution in [1.29, 1.82) is 0 Å². The van der Waals surface area contributed by atoms with Crippen LogP contribution in [0.5, 0.6) is 0 Å². The number of thioether (sulfide) groups is 1. The topological polar surface area (TPSA) is 105 Å². The normalized spacial score (nSPS) is 24.9. The molecule has 0 aromatic rings. The Morgan fingerprint density at radius 2 is 2.00 bits per heavy atom. The Labute approximate surface area is 153 Å². The molecule has 4 amide bonds. The Morgan fingerprint density at radius 1 is 1.24 bits per heavy atom. The maximum absolute atomic E-state index is 11.8. The molecule has 25 heavy (non-hydrogen) atoms. The summed E-state index contributed by atoms with van der Waals surface area (Å²) < 4.78 is 0. The second-order valence-electron chi connectivity index (χ2n) is 6.90. The van der Waals surface area contributed by atoms with Crippen molar-refractivity contribution >= 4 is 29.6 Å². The molecule has 0 radical (unpaired) electrons. The van der Waals surface area contributed by atoms with Crippen LogP contribution in [0.2, 0.25) is 0 Å². The second kappa shape index (κ2) is 9.89. The lowest BCUT2D eigenvalue weighted by atomic mass is 10.0. The van der Waals surface area contributed by atoms with Gasteiger partial charge in [-0.1, -0.05) is 12.8 Å². The van der Waals surface area contributed by atoms with Gasteiger partial charge >= 0.3 is 6.03 Å². The number of urea groups is 1. The van der Waals surface area contributed by atoms with Crippen LogP contribution in [0.25, 0.3) is 0 Å². The van der Waals surface area contributed by atoms with Crippen LogP contribution < -0.4 is 16.4 Å². The highest BCUT2D eigenvalue weighted by Gasteiger charge is 2.46. The molecule has 3 atom stereocenters. The van der Waals surface area contributed by atoms with Gasteiger partial charge in [-0.25, -0.2) is 4.79 Å². The molecule has 2 aliphatic rings. The predicted molar refractivity (Wildman–Crippen MR) is 99.3 cm³/mol. The molecule has 2 saturated heterocycles. The van der Waals surface area contributed by atoms with Crippen molar-refractivity contribution in [2.75, 3.05) is 19.3 Å². The average molecular weight is 371 g/mol. The molecular weight excluding hydrogens is 340 g/mol. The van der Waals surface area contributed by atoms with Gasteiger partial charge in [0.25, 0.3) is 0 Å². The zero-order valence-electron chi connectivity index (χ0n) is 15.0. The van der Waals surface area contributed by atoms with Crippen LogP contribution in [-0.2, 0) is 9.59 Å². The Hall–Kier alpha value is -1.44. The zero-order chi connectivity index (χ0) is 18.2. The summed E-state index contributed by atoms with van der Waals surface area (Å²) in [7, 11) is 1.87. The third-order valence-corrected chi connectivity index (χ3v) is 6.42. The summed E-state index contributed by atoms with van der Waals surface area (Å²) in [4.78, 5) is 35.9. The molecular formula is C17H30N4O3S. The Kier molecular flexibility index (Phi) is 7.87. The molecule has 2 rings (SSSR count). The highest BCUT2D eigenvalue weighted by Crippen LogP contribution is 2.36. The lowest BCUT2D eigenvalue weighted by Gasteiger charge is -2.23. The van der Waals surface area contributed by atoms with E-state index in [1.807, 2.05) is 23.7 Å². The summed E-state index contributed by atoms with van der Waals surface area (Å²) in [6, 6.07) is 0.618. The first-order chi connectivity index (χ1) is 12.0. The summed E-state index contributed by atoms with van der Waals surface area (Å²) in [6.07, 6.45) is 6.50. The summed E-state index contributed by atoms with van der Waals surface area (Å²) >= 11 is 1.93. The van der Waals surface area contributed by atoms with Crippen LogP contribution in [0.3, 0.4) is 0 Å². The van der Waals surface area contributed by atoms with Gasteiger partial charge in [-0.05, 0) is 25.7 Å². The van der Waals surface area contributed by atoms with Crippen LogP contribution in [0, 0.1) is 0 Å². The lowest BCUT2D eigenvalue weighted by Crippen LogP contribution is -2.38. The number of rotatable bonds is 11. The number of nitrogens with one attached hydrogen (secondary N) is 2. The molecule has 0 aromatic carbocycles. The van der Waals surface area contributed by atoms with Gasteiger partial charge in [0, 0.05) is 37.4 Å². The van der Waals surface area contributed by atoms with Gasteiger partial charge in [0.15, 0.2) is 0 Å². The minimum absolute atomic E-state index is 0.0375. The van der Waals surface area contributed by atoms with Crippen molar-refractivity contribution in [2.24, 2.45) is 5.73 Å². The fourth-order valence-electron chi connectivity index (χ4n) is 3.53. The minimum Gasteiger partial charge on any atom is -0.370 e. The molecule has 0 aromatic heterocycles. The predicted octanol–water partition coefficient (Wildman–Crippen LogP) is 1.22. The zero-order valence-corrected chi connectivity index (χ0v) is 15.8. The summed E-state index contributed by atoms with van der Waals surface area (Å²) in [5.41, 5.74) is 5.08. The fourth-order valence-corrected chi connectivity index (χ4v) is 5.17. The highest BCUT2D eigenvalue weighted by atomic mass is 32.2. The van der Waals surface area contributed by atoms with E-state index >= 15 is 0 Å². The van der Waals surface area contributed by atoms with Crippen LogP contribution in [0.15, 0.2) is 0 Å². The van der Waals surface area contributed by atoms with E-state index < -0.39 is 0 Å². The molecule has 2 aliphatic heterocycles. The molecule has 0 aliphatic carbocycles. The number of hydrogen-bond donors (Lipinski definition) is 3. The van der Waals surface area contributed by atoms with Crippen LogP contribution in [-0.4, -0.2) is 59.4 Å². The van der Waals surface area contributed by atoms with Crippen molar-refractivity contribution in [3.63, 3.8) is 0 Å². The molecule has 142 valence electrons. The molecule has 4 N–H and O–H groups in total. The van der Waals surface area contributed by atoms with Crippen LogP contribution >= 0.6 is 11.8 Å². The number of carbonyl (C=O) groups is 3. The van der Waals surface area contributed by atoms with E-state index in [9.17, 15) is 14.4 Å². The number of nitrogens with two attached hydrogens (primary N) is 1. The maximum Gasteiger partial charge on any atom is 0.317 e. The van der Waals surface area contributed by atoms with Gasteiger partial charge in [-0.3, -0.25) is 9.59 Å². The van der Waals surface area contributed by atoms with Crippen LogP contribution in [0.1, 0.15) is 51.4 Å². The summed E-state index contributed by atoms with van der Waals surface area (Å²) in [6.45, 7) is 0.665. The first-order valence-corrected chi connectivity index (χ1v) is 10.2. The SMILES string of the molecule is CN1C(=O)N[C@H]2CS[C@@H](CCCCC(=O)NCCCCCC(N)=O)[C@H]21. The smallest absolute Gasteiger partial charge is 0.317 e. The summed E-state index contributed by atoms with van der Waals surface area (Å²) in [5.74, 6) is 0.822. The lowest BCUT2D eigenvalue weighted by molar-refractivity contribution is -0.121. The third kappa shape index (κ3) is 6.09. The van der Waals surface area contributed by atoms with E-state index in [0.29, 0.717) is 30.7 Å². The standard InChI is InChI=1S/C17H30N4O3S/c1-21-16-12(20-17(21)24)11-25-13(16)7-4-5-9-15(23)19-10-6-2-3-8-14(18)22/h12-13,16H,2-11H2,1H3,(H2,18,22)(H,19,23)(H,20,24)/t12-,13-,16-/m0/s1. The molecule has 0 saturated carbocycles. The quantitative estimate of drug-likeness (QED) is 0.376. The van der Waals surface area contributed by atoms with Crippen molar-refractivity contribution in [3.05, 3.63) is 0 Å². The van der Waals surface area contributed by atoms with Crippen LogP contribution in [0.4, 0.5) is 4.79 Å². The number of amides is 4. The number of hydrogen-bond acceptors (Lipinski definition) is 4. The van der Waals surface area contributed by atoms with E-state index in [4.69, 9.17) is 5.73 Å². The van der Waals surface area contributed by atoms with Gasteiger partial charge in [0.1, 0.15) is 0 Å².